The standard InChI is InChI=1S/C23H22F3N3O3S/c1-15-14-33-22(28-21(31)18-7-4-8-19(12-18)23(24,25)26)29(15)13-16-5-3-6-17(11-16)20(30)27-9-10-32-2/h3-8,11-12,14H,9-10,13H2,1-2H3,(H,27,30). The molecule has 0 fully saturated rings. The smallest absolute Gasteiger partial charge is 0.383 e. The summed E-state index contributed by atoms with van der Waals surface area (Å²) in [7, 11) is 1.55. The second kappa shape index (κ2) is 10.6. The Hall–Kier alpha value is -3.24. The van der Waals surface area contributed by atoms with Crippen molar-refractivity contribution >= 4 is 23.2 Å². The third-order valence-corrected chi connectivity index (χ3v) is 5.73. The average molecular weight is 478 g/mol. The first-order valence-corrected chi connectivity index (χ1v) is 10.8. The number of benzene rings is 2. The molecule has 0 bridgehead atoms. The number of thiazole rings is 1. The van der Waals surface area contributed by atoms with Gasteiger partial charge in [-0.05, 0) is 42.8 Å². The minimum atomic E-state index is -4.55. The van der Waals surface area contributed by atoms with Gasteiger partial charge in [-0.25, -0.2) is 0 Å². The van der Waals surface area contributed by atoms with Crippen molar-refractivity contribution in [3.8, 4) is 0 Å². The van der Waals surface area contributed by atoms with Gasteiger partial charge in [0, 0.05) is 35.9 Å². The molecule has 0 aliphatic heterocycles. The highest BCUT2D eigenvalue weighted by Gasteiger charge is 2.30. The van der Waals surface area contributed by atoms with E-state index >= 15 is 0 Å². The molecule has 1 aromatic heterocycles. The lowest BCUT2D eigenvalue weighted by molar-refractivity contribution is -0.137. The summed E-state index contributed by atoms with van der Waals surface area (Å²) in [6.45, 7) is 2.97. The molecule has 33 heavy (non-hydrogen) atoms. The van der Waals surface area contributed by atoms with Crippen LogP contribution in [-0.2, 0) is 17.5 Å². The molecule has 0 aliphatic rings. The van der Waals surface area contributed by atoms with Crippen molar-refractivity contribution < 1.29 is 27.5 Å². The number of methoxy groups -OCH3 is 1. The van der Waals surface area contributed by atoms with Crippen LogP contribution < -0.4 is 10.1 Å². The molecule has 2 aromatic carbocycles. The van der Waals surface area contributed by atoms with Crippen molar-refractivity contribution in [3.05, 3.63) is 86.7 Å². The van der Waals surface area contributed by atoms with Crippen LogP contribution in [0.3, 0.4) is 0 Å². The van der Waals surface area contributed by atoms with Crippen molar-refractivity contribution in [2.45, 2.75) is 19.6 Å². The lowest BCUT2D eigenvalue weighted by Gasteiger charge is -2.09. The molecular formula is C23H22F3N3O3S. The predicted octanol–water partition coefficient (Wildman–Crippen LogP) is 4.04. The number of nitrogens with zero attached hydrogens (tertiary/aromatic N) is 2. The summed E-state index contributed by atoms with van der Waals surface area (Å²) in [6.07, 6.45) is -4.55. The van der Waals surface area contributed by atoms with E-state index in [0.717, 1.165) is 23.4 Å². The average Bonchev–Trinajstić information content (AvgIpc) is 3.12. The van der Waals surface area contributed by atoms with E-state index in [0.29, 0.717) is 30.1 Å². The Labute approximate surface area is 192 Å². The fraction of sp³-hybridized carbons (Fsp3) is 0.261. The summed E-state index contributed by atoms with van der Waals surface area (Å²) in [5, 5.41) is 4.56. The van der Waals surface area contributed by atoms with Gasteiger partial charge in [0.05, 0.1) is 18.7 Å². The first-order valence-electron chi connectivity index (χ1n) is 9.96. The third kappa shape index (κ3) is 6.39. The van der Waals surface area contributed by atoms with E-state index in [1.165, 1.54) is 23.5 Å². The molecule has 2 amide bonds. The monoisotopic (exact) mass is 477 g/mol. The normalized spacial score (nSPS) is 12.1. The molecule has 1 heterocycles. The fourth-order valence-corrected chi connectivity index (χ4v) is 3.91. The van der Waals surface area contributed by atoms with E-state index < -0.39 is 17.6 Å². The predicted molar refractivity (Wildman–Crippen MR) is 118 cm³/mol. The molecule has 3 aromatic rings. The Bertz CT molecular complexity index is 1220. The third-order valence-electron chi connectivity index (χ3n) is 4.75. The van der Waals surface area contributed by atoms with Crippen LogP contribution in [0.15, 0.2) is 58.9 Å². The van der Waals surface area contributed by atoms with Gasteiger partial charge in [-0.15, -0.1) is 11.3 Å². The maximum Gasteiger partial charge on any atom is 0.416 e. The number of ether oxygens (including phenoxy) is 1. The Morgan fingerprint density at radius 2 is 1.85 bits per heavy atom. The van der Waals surface area contributed by atoms with Crippen LogP contribution in [0.25, 0.3) is 0 Å². The molecule has 0 unspecified atom stereocenters. The minimum absolute atomic E-state index is 0.142. The highest BCUT2D eigenvalue weighted by atomic mass is 32.1. The van der Waals surface area contributed by atoms with Crippen LogP contribution in [0.5, 0.6) is 0 Å². The fourth-order valence-electron chi connectivity index (χ4n) is 3.04. The van der Waals surface area contributed by atoms with E-state index in [-0.39, 0.29) is 11.5 Å². The van der Waals surface area contributed by atoms with Crippen LogP contribution in [0.1, 0.15) is 37.5 Å². The Morgan fingerprint density at radius 1 is 1.12 bits per heavy atom. The molecule has 174 valence electrons. The summed E-state index contributed by atoms with van der Waals surface area (Å²) < 4.78 is 45.6. The number of rotatable bonds is 7. The zero-order valence-electron chi connectivity index (χ0n) is 18.0. The number of aromatic nitrogens is 1. The van der Waals surface area contributed by atoms with Gasteiger partial charge in [0.1, 0.15) is 0 Å². The Balaban J connectivity index is 1.85. The topological polar surface area (TPSA) is 72.7 Å². The van der Waals surface area contributed by atoms with E-state index in [4.69, 9.17) is 4.74 Å². The Morgan fingerprint density at radius 3 is 2.58 bits per heavy atom. The van der Waals surface area contributed by atoms with Gasteiger partial charge in [0.2, 0.25) is 0 Å². The van der Waals surface area contributed by atoms with Gasteiger partial charge in [-0.2, -0.15) is 18.2 Å². The summed E-state index contributed by atoms with van der Waals surface area (Å²) in [5.74, 6) is -0.992. The van der Waals surface area contributed by atoms with Crippen LogP contribution in [0, 0.1) is 6.92 Å². The molecule has 0 atom stereocenters. The maximum absolute atomic E-state index is 13.0. The molecule has 0 spiro atoms. The van der Waals surface area contributed by atoms with E-state index in [9.17, 15) is 22.8 Å². The number of hydrogen-bond acceptors (Lipinski definition) is 4. The van der Waals surface area contributed by atoms with Crippen molar-refractivity contribution in [1.29, 1.82) is 0 Å². The highest BCUT2D eigenvalue weighted by Crippen LogP contribution is 2.29. The molecule has 1 N–H and O–H groups in total. The van der Waals surface area contributed by atoms with Crippen LogP contribution >= 0.6 is 11.3 Å². The van der Waals surface area contributed by atoms with Gasteiger partial charge in [-0.3, -0.25) is 9.59 Å². The Kier molecular flexibility index (Phi) is 7.83. The second-order valence-electron chi connectivity index (χ2n) is 7.19. The summed E-state index contributed by atoms with van der Waals surface area (Å²) in [6, 6.07) is 11.2. The van der Waals surface area contributed by atoms with Crippen molar-refractivity contribution in [3.63, 3.8) is 0 Å². The summed E-state index contributed by atoms with van der Waals surface area (Å²) in [5.41, 5.74) is 1.07. The molecule has 0 aliphatic carbocycles. The van der Waals surface area contributed by atoms with E-state index in [1.807, 2.05) is 13.0 Å². The SMILES string of the molecule is COCCNC(=O)c1cccc(Cn2c(C)csc2=NC(=O)c2cccc(C(F)(F)F)c2)c1. The van der Waals surface area contributed by atoms with Crippen molar-refractivity contribution in [2.75, 3.05) is 20.3 Å². The lowest BCUT2D eigenvalue weighted by Crippen LogP contribution is -2.27. The number of hydrogen-bond donors (Lipinski definition) is 1. The number of nitrogens with one attached hydrogen (secondary N) is 1. The van der Waals surface area contributed by atoms with Gasteiger partial charge in [0.15, 0.2) is 4.80 Å². The number of alkyl halides is 3. The van der Waals surface area contributed by atoms with Crippen LogP contribution in [0.2, 0.25) is 0 Å². The first-order chi connectivity index (χ1) is 15.7. The number of halogens is 3. The van der Waals surface area contributed by atoms with Gasteiger partial charge in [0.25, 0.3) is 11.8 Å². The number of amides is 2. The molecule has 0 saturated carbocycles. The molecule has 0 radical (unpaired) electrons. The van der Waals surface area contributed by atoms with Gasteiger partial charge in [-0.1, -0.05) is 18.2 Å². The number of aryl methyl sites for hydroxylation is 1. The van der Waals surface area contributed by atoms with Gasteiger partial charge < -0.3 is 14.6 Å². The summed E-state index contributed by atoms with van der Waals surface area (Å²) in [4.78, 5) is 29.3. The van der Waals surface area contributed by atoms with Crippen molar-refractivity contribution in [1.82, 2.24) is 9.88 Å². The van der Waals surface area contributed by atoms with E-state index in [1.54, 1.807) is 35.3 Å². The van der Waals surface area contributed by atoms with Crippen LogP contribution in [-0.4, -0.2) is 36.6 Å². The van der Waals surface area contributed by atoms with Crippen molar-refractivity contribution in [2.24, 2.45) is 4.99 Å². The van der Waals surface area contributed by atoms with E-state index in [2.05, 4.69) is 10.3 Å². The molecule has 3 rings (SSSR count). The molecule has 10 heteroatoms. The first kappa shape index (κ1) is 24.4. The largest absolute Gasteiger partial charge is 0.416 e. The number of carbonyl (C=O) groups excluding carboxylic acids is 2. The maximum atomic E-state index is 13.0. The highest BCUT2D eigenvalue weighted by molar-refractivity contribution is 7.07. The summed E-state index contributed by atoms with van der Waals surface area (Å²) >= 11 is 1.21. The minimum Gasteiger partial charge on any atom is -0.383 e. The quantitative estimate of drug-likeness (QED) is 0.522. The zero-order chi connectivity index (χ0) is 24.0. The van der Waals surface area contributed by atoms with Gasteiger partial charge >= 0.3 is 6.18 Å². The van der Waals surface area contributed by atoms with Crippen LogP contribution in [0.4, 0.5) is 13.2 Å². The lowest BCUT2D eigenvalue weighted by atomic mass is 10.1. The molecule has 0 saturated heterocycles. The second-order valence-corrected chi connectivity index (χ2v) is 8.03. The molecular weight excluding hydrogens is 455 g/mol. The number of carbonyl (C=O) groups is 2. The zero-order valence-corrected chi connectivity index (χ0v) is 18.8. The molecule has 6 nitrogen and oxygen atoms in total.